The van der Waals surface area contributed by atoms with Crippen LogP contribution in [0.4, 0.5) is 17.1 Å². The Kier molecular flexibility index (Phi) is 11.2. The summed E-state index contributed by atoms with van der Waals surface area (Å²) in [6, 6.07) is 27.1. The van der Waals surface area contributed by atoms with Crippen molar-refractivity contribution >= 4 is 38.9 Å². The van der Waals surface area contributed by atoms with Gasteiger partial charge in [0.15, 0.2) is 0 Å². The molecule has 0 bridgehead atoms. The molecule has 1 heterocycles. The van der Waals surface area contributed by atoms with Gasteiger partial charge in [0.1, 0.15) is 11.9 Å². The van der Waals surface area contributed by atoms with Crippen molar-refractivity contribution in [3.8, 4) is 5.75 Å². The van der Waals surface area contributed by atoms with Crippen molar-refractivity contribution in [3.63, 3.8) is 0 Å². The third kappa shape index (κ3) is 8.96. The minimum Gasteiger partial charge on any atom is -0.488 e. The van der Waals surface area contributed by atoms with Crippen LogP contribution in [-0.2, 0) is 27.8 Å². The number of rotatable bonds is 11. The number of carbonyl (C=O) groups is 2. The van der Waals surface area contributed by atoms with Gasteiger partial charge in [-0.3, -0.25) is 19.2 Å². The number of amides is 2. The van der Waals surface area contributed by atoms with Crippen molar-refractivity contribution < 1.29 is 27.9 Å². The number of para-hydroxylation sites is 2. The second-order valence-electron chi connectivity index (χ2n) is 12.6. The Labute approximate surface area is 287 Å². The van der Waals surface area contributed by atoms with Crippen LogP contribution >= 0.6 is 0 Å². The SMILES string of the molecule is C[C@@H]1CN([C@@H](C)CO)C(=O)Cc2cc(NS(=O)(=O)c3ccccc3)ccc2O[C@H]1CN(C)Cc1ccc(C(=O)Nc2ccccc2N)cc1. The van der Waals surface area contributed by atoms with E-state index in [1.54, 1.807) is 78.6 Å². The third-order valence-electron chi connectivity index (χ3n) is 8.59. The highest BCUT2D eigenvalue weighted by molar-refractivity contribution is 7.92. The lowest BCUT2D eigenvalue weighted by molar-refractivity contribution is -0.134. The van der Waals surface area contributed by atoms with Crippen molar-refractivity contribution in [1.29, 1.82) is 0 Å². The van der Waals surface area contributed by atoms with Crippen LogP contribution in [0.1, 0.15) is 35.3 Å². The van der Waals surface area contributed by atoms with E-state index in [9.17, 15) is 23.1 Å². The normalized spacial score (nSPS) is 17.2. The number of aliphatic hydroxyl groups is 1. The molecule has 0 spiro atoms. The second kappa shape index (κ2) is 15.5. The summed E-state index contributed by atoms with van der Waals surface area (Å²) in [5, 5.41) is 12.8. The standard InChI is InChI=1S/C37H43N5O6S/c1-25-21-42(26(2)24-43)36(44)20-29-19-30(40-49(46,47)31-9-5-4-6-10-31)17-18-34(29)48-35(25)23-41(3)22-27-13-15-28(16-14-27)37(45)39-33-12-8-7-11-32(33)38/h4-19,25-26,35,40,43H,20-24,38H2,1-3H3,(H,39,45)/t25-,26+,35+/m1/s1. The molecule has 3 atom stereocenters. The van der Waals surface area contributed by atoms with Crippen molar-refractivity contribution in [1.82, 2.24) is 9.80 Å². The van der Waals surface area contributed by atoms with E-state index in [0.29, 0.717) is 53.6 Å². The predicted molar refractivity (Wildman–Crippen MR) is 191 cm³/mol. The summed E-state index contributed by atoms with van der Waals surface area (Å²) in [6.07, 6.45) is -0.372. The molecule has 0 radical (unpaired) electrons. The van der Waals surface area contributed by atoms with E-state index in [4.69, 9.17) is 10.5 Å². The van der Waals surface area contributed by atoms with Crippen molar-refractivity contribution in [2.45, 2.75) is 43.9 Å². The minimum atomic E-state index is -3.85. The van der Waals surface area contributed by atoms with Crippen LogP contribution < -0.4 is 20.5 Å². The largest absolute Gasteiger partial charge is 0.488 e. The summed E-state index contributed by atoms with van der Waals surface area (Å²) in [5.74, 6) is -0.0563. The molecule has 1 aliphatic heterocycles. The van der Waals surface area contributed by atoms with E-state index in [1.165, 1.54) is 12.1 Å². The summed E-state index contributed by atoms with van der Waals surface area (Å²) < 4.78 is 35.3. The molecule has 5 N–H and O–H groups in total. The molecule has 11 nitrogen and oxygen atoms in total. The topological polar surface area (TPSA) is 154 Å². The van der Waals surface area contributed by atoms with Gasteiger partial charge in [0.25, 0.3) is 15.9 Å². The van der Waals surface area contributed by atoms with Crippen LogP contribution in [0.5, 0.6) is 5.75 Å². The molecular formula is C37H43N5O6S. The number of hydrogen-bond donors (Lipinski definition) is 4. The Morgan fingerprint density at radius 1 is 1.04 bits per heavy atom. The fraction of sp³-hybridized carbons (Fsp3) is 0.297. The smallest absolute Gasteiger partial charge is 0.261 e. The summed E-state index contributed by atoms with van der Waals surface area (Å²) in [4.78, 5) is 30.3. The molecule has 0 unspecified atom stereocenters. The Bertz CT molecular complexity index is 1870. The molecule has 0 fully saturated rings. The maximum Gasteiger partial charge on any atom is 0.261 e. The Morgan fingerprint density at radius 2 is 1.73 bits per heavy atom. The molecule has 4 aromatic rings. The van der Waals surface area contributed by atoms with Crippen LogP contribution in [0, 0.1) is 5.92 Å². The molecular weight excluding hydrogens is 643 g/mol. The van der Waals surface area contributed by atoms with Crippen LogP contribution in [0.2, 0.25) is 0 Å². The van der Waals surface area contributed by atoms with E-state index in [1.807, 2.05) is 32.2 Å². The van der Waals surface area contributed by atoms with Gasteiger partial charge < -0.3 is 25.8 Å². The first-order chi connectivity index (χ1) is 23.4. The first-order valence-corrected chi connectivity index (χ1v) is 17.6. The molecule has 0 saturated carbocycles. The summed E-state index contributed by atoms with van der Waals surface area (Å²) in [7, 11) is -1.87. The van der Waals surface area contributed by atoms with Gasteiger partial charge in [0, 0.05) is 42.4 Å². The fourth-order valence-corrected chi connectivity index (χ4v) is 6.85. The van der Waals surface area contributed by atoms with Gasteiger partial charge in [-0.05, 0) is 74.1 Å². The van der Waals surface area contributed by atoms with Crippen molar-refractivity contribution in [3.05, 3.63) is 114 Å². The van der Waals surface area contributed by atoms with Gasteiger partial charge in [0.2, 0.25) is 5.91 Å². The minimum absolute atomic E-state index is 0.0212. The van der Waals surface area contributed by atoms with E-state index in [-0.39, 0.29) is 41.8 Å². The fourth-order valence-electron chi connectivity index (χ4n) is 5.77. The lowest BCUT2D eigenvalue weighted by Gasteiger charge is -2.34. The molecule has 1 aliphatic rings. The second-order valence-corrected chi connectivity index (χ2v) is 14.2. The van der Waals surface area contributed by atoms with Gasteiger partial charge in [-0.15, -0.1) is 0 Å². The van der Waals surface area contributed by atoms with E-state index >= 15 is 0 Å². The quantitative estimate of drug-likeness (QED) is 0.167. The maximum absolute atomic E-state index is 13.6. The number of anilines is 3. The number of nitrogen functional groups attached to an aromatic ring is 1. The van der Waals surface area contributed by atoms with E-state index in [0.717, 1.165) is 5.56 Å². The van der Waals surface area contributed by atoms with Crippen LogP contribution in [0.3, 0.4) is 0 Å². The lowest BCUT2D eigenvalue weighted by Crippen LogP contribution is -2.47. The molecule has 2 amide bonds. The van der Waals surface area contributed by atoms with Gasteiger partial charge in [-0.1, -0.05) is 49.4 Å². The maximum atomic E-state index is 13.6. The number of carbonyl (C=O) groups excluding carboxylic acids is 2. The van der Waals surface area contributed by atoms with Gasteiger partial charge in [-0.25, -0.2) is 8.42 Å². The van der Waals surface area contributed by atoms with Crippen LogP contribution in [0.15, 0.2) is 102 Å². The number of nitrogens with two attached hydrogens (primary N) is 1. The van der Waals surface area contributed by atoms with Gasteiger partial charge in [0.05, 0.1) is 35.3 Å². The zero-order chi connectivity index (χ0) is 35.1. The number of likely N-dealkylation sites (N-methyl/N-ethyl adjacent to an activating group) is 1. The summed E-state index contributed by atoms with van der Waals surface area (Å²) in [5.41, 5.74) is 9.37. The Morgan fingerprint density at radius 3 is 2.43 bits per heavy atom. The molecule has 0 aliphatic carbocycles. The number of hydrogen-bond acceptors (Lipinski definition) is 8. The average molecular weight is 686 g/mol. The number of nitrogens with one attached hydrogen (secondary N) is 2. The van der Waals surface area contributed by atoms with Crippen molar-refractivity contribution in [2.75, 3.05) is 42.5 Å². The molecule has 258 valence electrons. The zero-order valence-electron chi connectivity index (χ0n) is 27.9. The van der Waals surface area contributed by atoms with Crippen LogP contribution in [-0.4, -0.2) is 74.0 Å². The monoisotopic (exact) mass is 685 g/mol. The zero-order valence-corrected chi connectivity index (χ0v) is 28.7. The highest BCUT2D eigenvalue weighted by Gasteiger charge is 2.31. The number of fused-ring (bicyclic) bond motifs is 1. The molecule has 4 aromatic carbocycles. The summed E-state index contributed by atoms with van der Waals surface area (Å²) in [6.45, 7) is 5.07. The van der Waals surface area contributed by atoms with E-state index < -0.39 is 16.1 Å². The van der Waals surface area contributed by atoms with E-state index in [2.05, 4.69) is 14.9 Å². The average Bonchev–Trinajstić information content (AvgIpc) is 3.13. The highest BCUT2D eigenvalue weighted by atomic mass is 32.2. The molecule has 49 heavy (non-hydrogen) atoms. The first-order valence-electron chi connectivity index (χ1n) is 16.1. The molecule has 0 saturated heterocycles. The Balaban J connectivity index is 1.32. The molecule has 5 rings (SSSR count). The molecule has 0 aromatic heterocycles. The van der Waals surface area contributed by atoms with Gasteiger partial charge in [-0.2, -0.15) is 0 Å². The number of aliphatic hydroxyl groups excluding tert-OH is 1. The summed E-state index contributed by atoms with van der Waals surface area (Å²) >= 11 is 0. The number of ether oxygens (including phenoxy) is 1. The number of benzene rings is 4. The molecule has 12 heteroatoms. The lowest BCUT2D eigenvalue weighted by atomic mass is 10.0. The Hall–Kier alpha value is -4.91. The predicted octanol–water partition coefficient (Wildman–Crippen LogP) is 4.60. The van der Waals surface area contributed by atoms with Gasteiger partial charge >= 0.3 is 0 Å². The third-order valence-corrected chi connectivity index (χ3v) is 9.99. The first kappa shape index (κ1) is 35.4. The van der Waals surface area contributed by atoms with Crippen molar-refractivity contribution in [2.24, 2.45) is 5.92 Å². The van der Waals surface area contributed by atoms with Crippen LogP contribution in [0.25, 0.3) is 0 Å². The number of nitrogens with zero attached hydrogens (tertiary/aromatic N) is 2. The highest BCUT2D eigenvalue weighted by Crippen LogP contribution is 2.30. The number of sulfonamides is 1.